The number of anilines is 2. The first-order chi connectivity index (χ1) is 15.9. The summed E-state index contributed by atoms with van der Waals surface area (Å²) in [5.41, 5.74) is 0.110. The Morgan fingerprint density at radius 1 is 1.12 bits per heavy atom. The van der Waals surface area contributed by atoms with Gasteiger partial charge in [-0.15, -0.1) is 0 Å². The maximum Gasteiger partial charge on any atom is 0.269 e. The average molecular weight is 448 g/mol. The Morgan fingerprint density at radius 3 is 2.58 bits per heavy atom. The number of nitro benzene ring substituents is 1. The molecule has 0 unspecified atom stereocenters. The van der Waals surface area contributed by atoms with Gasteiger partial charge >= 0.3 is 0 Å². The summed E-state index contributed by atoms with van der Waals surface area (Å²) < 4.78 is 5.39. The van der Waals surface area contributed by atoms with Gasteiger partial charge in [0.25, 0.3) is 5.69 Å². The smallest absolute Gasteiger partial charge is 0.269 e. The number of methoxy groups -OCH3 is 1. The summed E-state index contributed by atoms with van der Waals surface area (Å²) in [6.07, 6.45) is 1.53. The highest BCUT2D eigenvalue weighted by atomic mass is 16.6. The molecule has 6 rings (SSSR count). The molecule has 10 nitrogen and oxygen atoms in total. The number of fused-ring (bicyclic) bond motifs is 7. The number of carbonyl (C=O) groups is 3. The number of benzene rings is 2. The highest BCUT2D eigenvalue weighted by molar-refractivity contribution is 6.25. The minimum atomic E-state index is -1.29. The first-order valence-electron chi connectivity index (χ1n) is 10.8. The zero-order valence-electron chi connectivity index (χ0n) is 17.7. The SMILES string of the molecule is COc1ccc2c(c1)[C@]1(C(=O)N2)[C@@H]2C(=O)N(c3ccc([N+](=O)[O-])cc3)C(=O)[C@@H]2[C@@H]2CCCN21. The molecule has 168 valence electrons. The summed E-state index contributed by atoms with van der Waals surface area (Å²) in [6.45, 7) is 0.611. The predicted octanol–water partition coefficient (Wildman–Crippen LogP) is 2.03. The van der Waals surface area contributed by atoms with Gasteiger partial charge < -0.3 is 10.1 Å². The van der Waals surface area contributed by atoms with Gasteiger partial charge in [0, 0.05) is 29.4 Å². The fraction of sp³-hybridized carbons (Fsp3) is 0.348. The monoisotopic (exact) mass is 448 g/mol. The molecule has 3 fully saturated rings. The molecule has 0 radical (unpaired) electrons. The molecule has 0 saturated carbocycles. The third kappa shape index (κ3) is 2.33. The molecule has 4 aliphatic rings. The van der Waals surface area contributed by atoms with E-state index >= 15 is 0 Å². The van der Waals surface area contributed by atoms with Crippen LogP contribution in [-0.2, 0) is 19.9 Å². The van der Waals surface area contributed by atoms with Crippen molar-refractivity contribution in [2.45, 2.75) is 24.4 Å². The number of nitro groups is 1. The highest BCUT2D eigenvalue weighted by Gasteiger charge is 2.74. The number of non-ortho nitro benzene ring substituents is 1. The van der Waals surface area contributed by atoms with Gasteiger partial charge in [0.15, 0.2) is 0 Å². The van der Waals surface area contributed by atoms with Gasteiger partial charge in [0.05, 0.1) is 29.6 Å². The van der Waals surface area contributed by atoms with Crippen molar-refractivity contribution in [3.05, 3.63) is 58.1 Å². The summed E-state index contributed by atoms with van der Waals surface area (Å²) in [6, 6.07) is 10.4. The maximum atomic E-state index is 13.9. The fourth-order valence-corrected chi connectivity index (χ4v) is 6.29. The molecule has 0 bridgehead atoms. The first kappa shape index (κ1) is 19.9. The van der Waals surface area contributed by atoms with Crippen LogP contribution < -0.4 is 15.0 Å². The molecule has 1 N–H and O–H groups in total. The van der Waals surface area contributed by atoms with Gasteiger partial charge in [-0.25, -0.2) is 4.90 Å². The van der Waals surface area contributed by atoms with Crippen molar-refractivity contribution in [1.82, 2.24) is 4.90 Å². The number of nitrogens with zero attached hydrogens (tertiary/aromatic N) is 3. The topological polar surface area (TPSA) is 122 Å². The Morgan fingerprint density at radius 2 is 1.88 bits per heavy atom. The molecule has 4 aliphatic heterocycles. The van der Waals surface area contributed by atoms with E-state index < -0.39 is 28.2 Å². The second-order valence-electron chi connectivity index (χ2n) is 8.82. The molecule has 3 amide bonds. The molecule has 0 aromatic heterocycles. The average Bonchev–Trinajstić information content (AvgIpc) is 3.51. The molecule has 1 spiro atoms. The molecule has 10 heteroatoms. The van der Waals surface area contributed by atoms with Gasteiger partial charge in [-0.1, -0.05) is 0 Å². The third-order valence-corrected chi connectivity index (χ3v) is 7.52. The summed E-state index contributed by atoms with van der Waals surface area (Å²) in [5, 5.41) is 13.9. The van der Waals surface area contributed by atoms with E-state index in [1.807, 2.05) is 4.90 Å². The Balaban J connectivity index is 1.51. The first-order valence-corrected chi connectivity index (χ1v) is 10.8. The Bertz CT molecular complexity index is 1240. The predicted molar refractivity (Wildman–Crippen MR) is 116 cm³/mol. The lowest BCUT2D eigenvalue weighted by atomic mass is 9.75. The number of imide groups is 1. The Hall–Kier alpha value is -3.79. The van der Waals surface area contributed by atoms with Gasteiger partial charge in [0.2, 0.25) is 17.7 Å². The number of carbonyl (C=O) groups excluding carboxylic acids is 3. The molecule has 3 saturated heterocycles. The fourth-order valence-electron chi connectivity index (χ4n) is 6.29. The van der Waals surface area contributed by atoms with Gasteiger partial charge in [-0.3, -0.25) is 29.4 Å². The molecule has 2 aromatic carbocycles. The second kappa shape index (κ2) is 6.61. The summed E-state index contributed by atoms with van der Waals surface area (Å²) in [5.74, 6) is -2.13. The van der Waals surface area contributed by atoms with E-state index in [0.717, 1.165) is 11.3 Å². The van der Waals surface area contributed by atoms with Crippen LogP contribution in [-0.4, -0.2) is 47.2 Å². The molecule has 0 aliphatic carbocycles. The quantitative estimate of drug-likeness (QED) is 0.433. The van der Waals surface area contributed by atoms with Crippen LogP contribution >= 0.6 is 0 Å². The van der Waals surface area contributed by atoms with Crippen LogP contribution in [0.3, 0.4) is 0 Å². The van der Waals surface area contributed by atoms with Crippen LogP contribution in [0.5, 0.6) is 5.75 Å². The summed E-state index contributed by atoms with van der Waals surface area (Å²) in [4.78, 5) is 54.7. The number of rotatable bonds is 3. The van der Waals surface area contributed by atoms with E-state index in [-0.39, 0.29) is 29.2 Å². The zero-order valence-corrected chi connectivity index (χ0v) is 17.7. The van der Waals surface area contributed by atoms with Crippen molar-refractivity contribution >= 4 is 34.8 Å². The van der Waals surface area contributed by atoms with E-state index in [1.54, 1.807) is 18.2 Å². The number of amides is 3. The summed E-state index contributed by atoms with van der Waals surface area (Å²) in [7, 11) is 1.54. The van der Waals surface area contributed by atoms with Gasteiger partial charge in [0.1, 0.15) is 11.3 Å². The van der Waals surface area contributed by atoms with E-state index in [2.05, 4.69) is 5.32 Å². The van der Waals surface area contributed by atoms with Crippen LogP contribution in [0.2, 0.25) is 0 Å². The molecule has 4 atom stereocenters. The van der Waals surface area contributed by atoms with Crippen molar-refractivity contribution < 1.29 is 24.0 Å². The normalized spacial score (nSPS) is 29.9. The van der Waals surface area contributed by atoms with Crippen molar-refractivity contribution in [3.8, 4) is 5.75 Å². The van der Waals surface area contributed by atoms with E-state index in [9.17, 15) is 24.5 Å². The second-order valence-corrected chi connectivity index (χ2v) is 8.82. The van der Waals surface area contributed by atoms with E-state index in [1.165, 1.54) is 31.4 Å². The minimum absolute atomic E-state index is 0.132. The highest BCUT2D eigenvalue weighted by Crippen LogP contribution is 2.61. The molecule has 4 heterocycles. The Kier molecular flexibility index (Phi) is 3.98. The third-order valence-electron chi connectivity index (χ3n) is 7.52. The Labute approximate surface area is 188 Å². The zero-order chi connectivity index (χ0) is 23.1. The lowest BCUT2D eigenvalue weighted by Gasteiger charge is -2.36. The lowest BCUT2D eigenvalue weighted by molar-refractivity contribution is -0.384. The van der Waals surface area contributed by atoms with E-state index in [4.69, 9.17) is 4.74 Å². The molecular weight excluding hydrogens is 428 g/mol. The number of hydrogen-bond donors (Lipinski definition) is 1. The largest absolute Gasteiger partial charge is 0.497 e. The molecular formula is C23H20N4O6. The van der Waals surface area contributed by atoms with Crippen molar-refractivity contribution in [2.75, 3.05) is 23.9 Å². The number of hydrogen-bond acceptors (Lipinski definition) is 7. The lowest BCUT2D eigenvalue weighted by Crippen LogP contribution is -2.54. The van der Waals surface area contributed by atoms with Crippen molar-refractivity contribution in [2.24, 2.45) is 11.8 Å². The van der Waals surface area contributed by atoms with Crippen LogP contribution in [0.25, 0.3) is 0 Å². The van der Waals surface area contributed by atoms with Crippen LogP contribution in [0.1, 0.15) is 18.4 Å². The molecule has 2 aromatic rings. The maximum absolute atomic E-state index is 13.9. The van der Waals surface area contributed by atoms with Crippen LogP contribution in [0.15, 0.2) is 42.5 Å². The van der Waals surface area contributed by atoms with Crippen LogP contribution in [0.4, 0.5) is 17.1 Å². The van der Waals surface area contributed by atoms with Crippen LogP contribution in [0, 0.1) is 22.0 Å². The van der Waals surface area contributed by atoms with Gasteiger partial charge in [-0.2, -0.15) is 0 Å². The van der Waals surface area contributed by atoms with Gasteiger partial charge in [-0.05, 0) is 49.7 Å². The molecule has 33 heavy (non-hydrogen) atoms. The summed E-state index contributed by atoms with van der Waals surface area (Å²) >= 11 is 0. The van der Waals surface area contributed by atoms with Crippen molar-refractivity contribution in [3.63, 3.8) is 0 Å². The van der Waals surface area contributed by atoms with Crippen molar-refractivity contribution in [1.29, 1.82) is 0 Å². The standard InChI is InChI=1S/C23H20N4O6/c1-33-14-8-9-16-15(11-14)23(22(30)24-16)19-18(17-3-2-10-25(17)23)20(28)26(21(19)29)12-4-6-13(7-5-12)27(31)32/h4-9,11,17-19H,2-3,10H2,1H3,(H,24,30)/t17-,18+,19-,23+/m0/s1. The minimum Gasteiger partial charge on any atom is -0.497 e. The number of nitrogens with one attached hydrogen (secondary N) is 1. The van der Waals surface area contributed by atoms with E-state index in [0.29, 0.717) is 30.0 Å². The number of ether oxygens (including phenoxy) is 1.